The van der Waals surface area contributed by atoms with Gasteiger partial charge in [0.05, 0.1) is 13.5 Å². The van der Waals surface area contributed by atoms with E-state index in [0.717, 1.165) is 18.8 Å². The molecule has 4 heteroatoms. The Morgan fingerprint density at radius 1 is 1.58 bits per heavy atom. The van der Waals surface area contributed by atoms with E-state index in [9.17, 15) is 0 Å². The Bertz CT molecular complexity index is 282. The molecule has 0 aliphatic carbocycles. The van der Waals surface area contributed by atoms with E-state index in [-0.39, 0.29) is 0 Å². The lowest BCUT2D eigenvalue weighted by molar-refractivity contribution is 0.530. The fourth-order valence-electron chi connectivity index (χ4n) is 1.60. The molecular weight excluding hydrogens is 149 g/mol. The summed E-state index contributed by atoms with van der Waals surface area (Å²) in [5.41, 5.74) is 0.985. The third kappa shape index (κ3) is 1.11. The molecule has 0 spiro atoms. The minimum absolute atomic E-state index is 0.536. The highest BCUT2D eigenvalue weighted by Gasteiger charge is 2.14. The van der Waals surface area contributed by atoms with Crippen LogP contribution >= 0.6 is 0 Å². The molecule has 0 fully saturated rings. The van der Waals surface area contributed by atoms with E-state index in [1.165, 1.54) is 12.2 Å². The Hall–Kier alpha value is -0.925. The molecule has 62 valence electrons. The lowest BCUT2D eigenvalue weighted by Gasteiger charge is -2.24. The molecule has 0 aromatic carbocycles. The van der Waals surface area contributed by atoms with E-state index in [4.69, 9.17) is 7.85 Å². The SMILES string of the molecule is [B]Cc1cc2n(n1)CCCN2C. The van der Waals surface area contributed by atoms with Crippen molar-refractivity contribution < 1.29 is 0 Å². The van der Waals surface area contributed by atoms with Crippen LogP contribution in [0.15, 0.2) is 6.07 Å². The van der Waals surface area contributed by atoms with Gasteiger partial charge in [0, 0.05) is 26.2 Å². The largest absolute Gasteiger partial charge is 0.360 e. The van der Waals surface area contributed by atoms with Crippen molar-refractivity contribution in [1.82, 2.24) is 9.78 Å². The van der Waals surface area contributed by atoms with Crippen LogP contribution < -0.4 is 4.90 Å². The summed E-state index contributed by atoms with van der Waals surface area (Å²) in [4.78, 5) is 2.22. The molecule has 12 heavy (non-hydrogen) atoms. The molecule has 2 rings (SSSR count). The number of rotatable bonds is 1. The van der Waals surface area contributed by atoms with Gasteiger partial charge in [-0.3, -0.25) is 0 Å². The van der Waals surface area contributed by atoms with Crippen molar-refractivity contribution in [2.45, 2.75) is 19.3 Å². The van der Waals surface area contributed by atoms with Gasteiger partial charge in [0.1, 0.15) is 5.82 Å². The van der Waals surface area contributed by atoms with E-state index >= 15 is 0 Å². The van der Waals surface area contributed by atoms with Gasteiger partial charge in [-0.25, -0.2) is 4.68 Å². The standard InChI is InChI=1S/C8H12BN3/c1-11-3-2-4-12-8(11)5-7(6-9)10-12/h5H,2-4,6H2,1H3. The maximum atomic E-state index is 5.51. The van der Waals surface area contributed by atoms with Gasteiger partial charge in [0.2, 0.25) is 0 Å². The van der Waals surface area contributed by atoms with Gasteiger partial charge in [-0.15, -0.1) is 0 Å². The highest BCUT2D eigenvalue weighted by Crippen LogP contribution is 2.19. The number of aromatic nitrogens is 2. The predicted molar refractivity (Wildman–Crippen MR) is 49.6 cm³/mol. The molecule has 1 aromatic heterocycles. The maximum absolute atomic E-state index is 5.51. The zero-order valence-electron chi connectivity index (χ0n) is 7.32. The third-order valence-corrected chi connectivity index (χ3v) is 2.27. The summed E-state index contributed by atoms with van der Waals surface area (Å²) >= 11 is 0. The lowest BCUT2D eigenvalue weighted by atomic mass is 10.0. The van der Waals surface area contributed by atoms with Gasteiger partial charge in [-0.05, 0) is 12.7 Å². The average Bonchev–Trinajstić information content (AvgIpc) is 2.49. The van der Waals surface area contributed by atoms with Crippen molar-refractivity contribution in [2.75, 3.05) is 18.5 Å². The molecule has 1 aromatic rings. The minimum Gasteiger partial charge on any atom is -0.360 e. The smallest absolute Gasteiger partial charge is 0.126 e. The van der Waals surface area contributed by atoms with Crippen LogP contribution in [0.25, 0.3) is 0 Å². The predicted octanol–water partition coefficient (Wildman–Crippen LogP) is 0.391. The molecule has 1 aliphatic rings. The van der Waals surface area contributed by atoms with Crippen LogP contribution in [-0.4, -0.2) is 31.2 Å². The molecule has 1 aliphatic heterocycles. The van der Waals surface area contributed by atoms with Gasteiger partial charge >= 0.3 is 0 Å². The van der Waals surface area contributed by atoms with Crippen LogP contribution in [0.4, 0.5) is 5.82 Å². The van der Waals surface area contributed by atoms with Crippen molar-refractivity contribution in [3.8, 4) is 0 Å². The number of anilines is 1. The van der Waals surface area contributed by atoms with Crippen LogP contribution in [0, 0.1) is 0 Å². The quantitative estimate of drug-likeness (QED) is 0.555. The summed E-state index contributed by atoms with van der Waals surface area (Å²) < 4.78 is 2.03. The number of nitrogens with zero attached hydrogens (tertiary/aromatic N) is 3. The van der Waals surface area contributed by atoms with E-state index < -0.39 is 0 Å². The molecule has 0 saturated carbocycles. The van der Waals surface area contributed by atoms with Gasteiger partial charge < -0.3 is 4.90 Å². The summed E-state index contributed by atoms with van der Waals surface area (Å²) in [6.45, 7) is 2.15. The Labute approximate surface area is 73.8 Å². The van der Waals surface area contributed by atoms with Crippen molar-refractivity contribution in [1.29, 1.82) is 0 Å². The molecule has 0 atom stereocenters. The molecule has 0 unspecified atom stereocenters. The molecule has 2 radical (unpaired) electrons. The summed E-state index contributed by atoms with van der Waals surface area (Å²) in [7, 11) is 7.60. The zero-order valence-corrected chi connectivity index (χ0v) is 7.32. The summed E-state index contributed by atoms with van der Waals surface area (Å²) in [6, 6.07) is 2.07. The second kappa shape index (κ2) is 2.85. The van der Waals surface area contributed by atoms with Crippen molar-refractivity contribution >= 4 is 13.7 Å². The monoisotopic (exact) mass is 161 g/mol. The minimum atomic E-state index is 0.536. The van der Waals surface area contributed by atoms with Crippen molar-refractivity contribution in [3.05, 3.63) is 11.8 Å². The molecule has 0 saturated heterocycles. The first-order valence-corrected chi connectivity index (χ1v) is 4.29. The summed E-state index contributed by atoms with van der Waals surface area (Å²) in [6.07, 6.45) is 1.71. The van der Waals surface area contributed by atoms with Crippen LogP contribution in [0.3, 0.4) is 0 Å². The zero-order chi connectivity index (χ0) is 8.55. The highest BCUT2D eigenvalue weighted by molar-refractivity contribution is 6.08. The molecule has 3 nitrogen and oxygen atoms in total. The molecular formula is C8H12BN3. The first kappa shape index (κ1) is 7.71. The number of fused-ring (bicyclic) bond motifs is 1. The highest BCUT2D eigenvalue weighted by atomic mass is 15.4. The number of hydrogen-bond acceptors (Lipinski definition) is 2. The summed E-state index contributed by atoms with van der Waals surface area (Å²) in [5.74, 6) is 1.20. The molecule has 0 amide bonds. The van der Waals surface area contributed by atoms with Crippen molar-refractivity contribution in [2.24, 2.45) is 0 Å². The van der Waals surface area contributed by atoms with Gasteiger partial charge in [-0.1, -0.05) is 0 Å². The van der Waals surface area contributed by atoms with E-state index in [2.05, 4.69) is 23.1 Å². The topological polar surface area (TPSA) is 21.1 Å². The van der Waals surface area contributed by atoms with Gasteiger partial charge in [0.25, 0.3) is 0 Å². The fourth-order valence-corrected chi connectivity index (χ4v) is 1.60. The Balaban J connectivity index is 2.37. The second-order valence-corrected chi connectivity index (χ2v) is 3.20. The second-order valence-electron chi connectivity index (χ2n) is 3.20. The normalized spacial score (nSPS) is 16.2. The van der Waals surface area contributed by atoms with Crippen LogP contribution in [0.2, 0.25) is 0 Å². The average molecular weight is 161 g/mol. The summed E-state index contributed by atoms with van der Waals surface area (Å²) in [5, 5.41) is 4.37. The Morgan fingerprint density at radius 2 is 2.42 bits per heavy atom. The first-order valence-electron chi connectivity index (χ1n) is 4.29. The first-order chi connectivity index (χ1) is 5.81. The van der Waals surface area contributed by atoms with Gasteiger partial charge in [0.15, 0.2) is 0 Å². The fraction of sp³-hybridized carbons (Fsp3) is 0.625. The number of hydrogen-bond donors (Lipinski definition) is 0. The van der Waals surface area contributed by atoms with Crippen LogP contribution in [-0.2, 0) is 12.9 Å². The maximum Gasteiger partial charge on any atom is 0.126 e. The number of aryl methyl sites for hydroxylation is 1. The Morgan fingerprint density at radius 3 is 3.08 bits per heavy atom. The Kier molecular flexibility index (Phi) is 1.83. The van der Waals surface area contributed by atoms with E-state index in [0.29, 0.717) is 6.32 Å². The van der Waals surface area contributed by atoms with E-state index in [1.54, 1.807) is 0 Å². The third-order valence-electron chi connectivity index (χ3n) is 2.27. The molecule has 2 heterocycles. The van der Waals surface area contributed by atoms with Crippen LogP contribution in [0.1, 0.15) is 12.1 Å². The van der Waals surface area contributed by atoms with Crippen molar-refractivity contribution in [3.63, 3.8) is 0 Å². The van der Waals surface area contributed by atoms with E-state index in [1.807, 2.05) is 4.68 Å². The molecule has 0 bridgehead atoms. The van der Waals surface area contributed by atoms with Gasteiger partial charge in [-0.2, -0.15) is 5.10 Å². The van der Waals surface area contributed by atoms with Crippen LogP contribution in [0.5, 0.6) is 0 Å². The molecule has 0 N–H and O–H groups in total. The lowest BCUT2D eigenvalue weighted by Crippen LogP contribution is -2.28.